The van der Waals surface area contributed by atoms with Gasteiger partial charge in [0.05, 0.1) is 0 Å². The van der Waals surface area contributed by atoms with Gasteiger partial charge in [-0.1, -0.05) is 44.2 Å². The zero-order chi connectivity index (χ0) is 19.2. The Morgan fingerprint density at radius 2 is 1.70 bits per heavy atom. The van der Waals surface area contributed by atoms with Crippen LogP contribution >= 0.6 is 0 Å². The molecule has 1 atom stereocenters. The van der Waals surface area contributed by atoms with Gasteiger partial charge in [0.15, 0.2) is 6.10 Å². The minimum atomic E-state index is -0.534. The highest BCUT2D eigenvalue weighted by Crippen LogP contribution is 2.26. The zero-order valence-electron chi connectivity index (χ0n) is 16.6. The van der Waals surface area contributed by atoms with Gasteiger partial charge in [0.25, 0.3) is 5.91 Å². The molecule has 27 heavy (non-hydrogen) atoms. The fourth-order valence-electron chi connectivity index (χ4n) is 3.44. The lowest BCUT2D eigenvalue weighted by atomic mass is 10.0. The maximum Gasteiger partial charge on any atom is 0.261 e. The van der Waals surface area contributed by atoms with Crippen molar-refractivity contribution in [2.24, 2.45) is 0 Å². The molecule has 4 heteroatoms. The quantitative estimate of drug-likeness (QED) is 0.785. The van der Waals surface area contributed by atoms with Crippen molar-refractivity contribution >= 4 is 11.6 Å². The lowest BCUT2D eigenvalue weighted by molar-refractivity contribution is -0.127. The summed E-state index contributed by atoms with van der Waals surface area (Å²) in [5.74, 6) is 1.04. The summed E-state index contributed by atoms with van der Waals surface area (Å²) >= 11 is 0. The maximum absolute atomic E-state index is 12.4. The van der Waals surface area contributed by atoms with Crippen LogP contribution in [0.3, 0.4) is 0 Å². The largest absolute Gasteiger partial charge is 0.481 e. The van der Waals surface area contributed by atoms with E-state index in [9.17, 15) is 4.79 Å². The standard InChI is InChI=1S/C23H30N2O2/c1-17(2)21-8-4-5-9-22(21)27-18(3)23(26)24-16-19-10-12-20(13-11-19)25-14-6-7-15-25/h4-5,8-13,17-18H,6-7,14-16H2,1-3H3,(H,24,26). The van der Waals surface area contributed by atoms with Gasteiger partial charge in [0.2, 0.25) is 0 Å². The van der Waals surface area contributed by atoms with Crippen molar-refractivity contribution in [1.29, 1.82) is 0 Å². The fourth-order valence-corrected chi connectivity index (χ4v) is 3.44. The van der Waals surface area contributed by atoms with Gasteiger partial charge in [0.1, 0.15) is 5.75 Å². The molecule has 1 unspecified atom stereocenters. The summed E-state index contributed by atoms with van der Waals surface area (Å²) in [6.07, 6.45) is 2.01. The third-order valence-electron chi connectivity index (χ3n) is 5.09. The van der Waals surface area contributed by atoms with Crippen LogP contribution in [0, 0.1) is 0 Å². The first-order valence-corrected chi connectivity index (χ1v) is 9.92. The topological polar surface area (TPSA) is 41.6 Å². The number of ether oxygens (including phenoxy) is 1. The van der Waals surface area contributed by atoms with Crippen molar-refractivity contribution in [2.45, 2.75) is 52.2 Å². The minimum absolute atomic E-state index is 0.0998. The maximum atomic E-state index is 12.4. The molecule has 1 fully saturated rings. The van der Waals surface area contributed by atoms with Gasteiger partial charge in [-0.05, 0) is 55.0 Å². The third kappa shape index (κ3) is 5.03. The van der Waals surface area contributed by atoms with E-state index in [4.69, 9.17) is 4.74 Å². The highest BCUT2D eigenvalue weighted by molar-refractivity contribution is 5.80. The van der Waals surface area contributed by atoms with Crippen LogP contribution in [0.15, 0.2) is 48.5 Å². The molecule has 2 aromatic carbocycles. The van der Waals surface area contributed by atoms with Gasteiger partial charge in [0, 0.05) is 25.3 Å². The Morgan fingerprint density at radius 1 is 1.04 bits per heavy atom. The molecule has 1 N–H and O–H groups in total. The van der Waals surface area contributed by atoms with Crippen molar-refractivity contribution in [3.63, 3.8) is 0 Å². The summed E-state index contributed by atoms with van der Waals surface area (Å²) in [5.41, 5.74) is 3.49. The Kier molecular flexibility index (Phi) is 6.38. The summed E-state index contributed by atoms with van der Waals surface area (Å²) in [6, 6.07) is 16.4. The van der Waals surface area contributed by atoms with Crippen molar-refractivity contribution in [3.8, 4) is 5.75 Å². The van der Waals surface area contributed by atoms with Crippen LogP contribution in [0.2, 0.25) is 0 Å². The highest BCUT2D eigenvalue weighted by atomic mass is 16.5. The number of benzene rings is 2. The Hall–Kier alpha value is -2.49. The monoisotopic (exact) mass is 366 g/mol. The number of hydrogen-bond donors (Lipinski definition) is 1. The van der Waals surface area contributed by atoms with Gasteiger partial charge in [-0.3, -0.25) is 4.79 Å². The van der Waals surface area contributed by atoms with Crippen molar-refractivity contribution in [1.82, 2.24) is 5.32 Å². The molecule has 0 saturated carbocycles. The van der Waals surface area contributed by atoms with Crippen LogP contribution in [-0.2, 0) is 11.3 Å². The van der Waals surface area contributed by atoms with Crippen molar-refractivity contribution in [3.05, 3.63) is 59.7 Å². The van der Waals surface area contributed by atoms with Gasteiger partial charge in [-0.25, -0.2) is 0 Å². The fraction of sp³-hybridized carbons (Fsp3) is 0.435. The first-order valence-electron chi connectivity index (χ1n) is 9.92. The van der Waals surface area contributed by atoms with Crippen LogP contribution in [0.1, 0.15) is 50.7 Å². The highest BCUT2D eigenvalue weighted by Gasteiger charge is 2.17. The van der Waals surface area contributed by atoms with E-state index in [0.717, 1.165) is 30.0 Å². The first-order chi connectivity index (χ1) is 13.0. The molecule has 0 aromatic heterocycles. The number of carbonyl (C=O) groups excluding carboxylic acids is 1. The molecular weight excluding hydrogens is 336 g/mol. The number of hydrogen-bond acceptors (Lipinski definition) is 3. The second-order valence-corrected chi connectivity index (χ2v) is 7.53. The molecule has 1 heterocycles. The Bertz CT molecular complexity index is 749. The molecule has 1 amide bonds. The Balaban J connectivity index is 1.53. The summed E-state index contributed by atoms with van der Waals surface area (Å²) in [7, 11) is 0. The number of amides is 1. The molecule has 4 nitrogen and oxygen atoms in total. The molecule has 1 saturated heterocycles. The van der Waals surface area contributed by atoms with Crippen LogP contribution < -0.4 is 15.0 Å². The predicted molar refractivity (Wildman–Crippen MR) is 110 cm³/mol. The van der Waals surface area contributed by atoms with E-state index >= 15 is 0 Å². The van der Waals surface area contributed by atoms with E-state index in [-0.39, 0.29) is 5.91 Å². The SMILES string of the molecule is CC(Oc1ccccc1C(C)C)C(=O)NCc1ccc(N2CCCC2)cc1. The van der Waals surface area contributed by atoms with E-state index < -0.39 is 6.10 Å². The molecule has 144 valence electrons. The molecule has 0 aliphatic carbocycles. The van der Waals surface area contributed by atoms with E-state index in [1.54, 1.807) is 6.92 Å². The average molecular weight is 367 g/mol. The minimum Gasteiger partial charge on any atom is -0.481 e. The number of anilines is 1. The Labute approximate surface area is 162 Å². The predicted octanol–water partition coefficient (Wildman–Crippen LogP) is 4.49. The molecule has 0 spiro atoms. The third-order valence-corrected chi connectivity index (χ3v) is 5.09. The number of nitrogens with one attached hydrogen (secondary N) is 1. The van der Waals surface area contributed by atoms with E-state index in [0.29, 0.717) is 12.5 Å². The van der Waals surface area contributed by atoms with Gasteiger partial charge in [-0.2, -0.15) is 0 Å². The Morgan fingerprint density at radius 3 is 2.37 bits per heavy atom. The summed E-state index contributed by atoms with van der Waals surface area (Å²) in [5, 5.41) is 2.98. The van der Waals surface area contributed by atoms with E-state index in [1.165, 1.54) is 18.5 Å². The molecule has 3 rings (SSSR count). The number of para-hydroxylation sites is 1. The van der Waals surface area contributed by atoms with Gasteiger partial charge >= 0.3 is 0 Å². The van der Waals surface area contributed by atoms with Crippen LogP contribution in [0.5, 0.6) is 5.75 Å². The average Bonchev–Trinajstić information content (AvgIpc) is 3.21. The molecular formula is C23H30N2O2. The van der Waals surface area contributed by atoms with Crippen LogP contribution in [0.25, 0.3) is 0 Å². The van der Waals surface area contributed by atoms with Crippen LogP contribution in [0.4, 0.5) is 5.69 Å². The molecule has 1 aliphatic heterocycles. The molecule has 0 radical (unpaired) electrons. The summed E-state index contributed by atoms with van der Waals surface area (Å²) < 4.78 is 5.92. The van der Waals surface area contributed by atoms with Crippen LogP contribution in [-0.4, -0.2) is 25.1 Å². The summed E-state index contributed by atoms with van der Waals surface area (Å²) in [4.78, 5) is 14.8. The molecule has 2 aromatic rings. The van der Waals surface area contributed by atoms with Gasteiger partial charge < -0.3 is 15.0 Å². The second-order valence-electron chi connectivity index (χ2n) is 7.53. The normalized spacial score (nSPS) is 15.0. The van der Waals surface area contributed by atoms with E-state index in [1.807, 2.05) is 24.3 Å². The lowest BCUT2D eigenvalue weighted by Gasteiger charge is -2.19. The second kappa shape index (κ2) is 8.94. The smallest absolute Gasteiger partial charge is 0.261 e. The zero-order valence-corrected chi connectivity index (χ0v) is 16.6. The van der Waals surface area contributed by atoms with E-state index in [2.05, 4.69) is 48.3 Å². The van der Waals surface area contributed by atoms with Crippen molar-refractivity contribution < 1.29 is 9.53 Å². The van der Waals surface area contributed by atoms with Crippen molar-refractivity contribution in [2.75, 3.05) is 18.0 Å². The number of nitrogens with zero attached hydrogens (tertiary/aromatic N) is 1. The number of carbonyl (C=O) groups is 1. The first kappa shape index (κ1) is 19.3. The van der Waals surface area contributed by atoms with Gasteiger partial charge in [-0.15, -0.1) is 0 Å². The summed E-state index contributed by atoms with van der Waals surface area (Å²) in [6.45, 7) is 8.84. The molecule has 1 aliphatic rings. The lowest BCUT2D eigenvalue weighted by Crippen LogP contribution is -2.36. The molecule has 0 bridgehead atoms. The number of rotatable bonds is 7.